The predicted molar refractivity (Wildman–Crippen MR) is 249 cm³/mol. The average molecular weight is 934 g/mol. The number of aliphatic carboxylic acids is 1. The third-order valence-electron chi connectivity index (χ3n) is 9.64. The SMILES string of the molecule is CN(Cc1cc(NC(=O)COc2cccc(C(Nc3ccc4c(N(C(=O)OC(C)(C)C)C(=O)OC(C)(C)C)nccc4c3)C(=O)O)c2)ccc1S(=O)(=O)C1CC1)C(=O)OCC[Si](C)(C)C. The van der Waals surface area contributed by atoms with Gasteiger partial charge in [-0.15, -0.1) is 0 Å². The number of imide groups is 1. The molecule has 1 aliphatic rings. The monoisotopic (exact) mass is 933 g/mol. The number of rotatable bonds is 16. The largest absolute Gasteiger partial charge is 0.484 e. The van der Waals surface area contributed by atoms with Crippen LogP contribution in [-0.2, 0) is 40.2 Å². The standard InChI is InChI=1S/C46H59N5O12SSi/c1-45(2,3)62-43(56)51(44(57)63-46(4,5)6)40-36-18-14-33(24-29(36)20-21-47-40)49-39(41(53)54)30-12-11-13-34(26-30)61-28-38(52)48-32-15-19-37(64(58,59)35-16-17-35)31(25-32)27-50(7)42(55)60-22-23-65(8,9)10/h11-15,18-21,24-26,35,39,49H,16-17,22-23,27-28H2,1-10H3,(H,48,52)(H,53,54). The van der Waals surface area contributed by atoms with E-state index in [9.17, 15) is 37.5 Å². The summed E-state index contributed by atoms with van der Waals surface area (Å²) in [7, 11) is -3.59. The van der Waals surface area contributed by atoms with E-state index in [1.165, 1.54) is 42.4 Å². The molecule has 0 aliphatic heterocycles. The number of amides is 4. The Hall–Kier alpha value is -6.21. The molecule has 0 saturated heterocycles. The molecule has 19 heteroatoms. The summed E-state index contributed by atoms with van der Waals surface area (Å²) in [5.41, 5.74) is -0.585. The van der Waals surface area contributed by atoms with Crippen LogP contribution in [0.2, 0.25) is 25.7 Å². The van der Waals surface area contributed by atoms with Gasteiger partial charge in [0.15, 0.2) is 28.3 Å². The molecule has 3 N–H and O–H groups in total. The molecule has 0 spiro atoms. The van der Waals surface area contributed by atoms with Gasteiger partial charge in [0.05, 0.1) is 23.3 Å². The molecular weight excluding hydrogens is 875 g/mol. The van der Waals surface area contributed by atoms with Gasteiger partial charge >= 0.3 is 24.2 Å². The van der Waals surface area contributed by atoms with Crippen molar-refractivity contribution < 1.29 is 56.4 Å². The lowest BCUT2D eigenvalue weighted by Crippen LogP contribution is -2.44. The molecule has 17 nitrogen and oxygen atoms in total. The van der Waals surface area contributed by atoms with E-state index in [4.69, 9.17) is 18.9 Å². The maximum atomic E-state index is 13.4. The minimum absolute atomic E-state index is 0.0436. The van der Waals surface area contributed by atoms with Gasteiger partial charge < -0.3 is 39.6 Å². The van der Waals surface area contributed by atoms with Crippen molar-refractivity contribution in [2.24, 2.45) is 0 Å². The Morgan fingerprint density at radius 3 is 2.11 bits per heavy atom. The molecule has 4 amide bonds. The van der Waals surface area contributed by atoms with Gasteiger partial charge in [0.1, 0.15) is 17.0 Å². The molecule has 0 bridgehead atoms. The Morgan fingerprint density at radius 2 is 1.51 bits per heavy atom. The molecule has 1 aliphatic carbocycles. The summed E-state index contributed by atoms with van der Waals surface area (Å²) >= 11 is 0. The number of benzene rings is 3. The van der Waals surface area contributed by atoms with E-state index in [0.29, 0.717) is 40.4 Å². The third-order valence-corrected chi connectivity index (χ3v) is 13.7. The third kappa shape index (κ3) is 14.1. The van der Waals surface area contributed by atoms with Gasteiger partial charge in [-0.2, -0.15) is 4.90 Å². The Balaban J connectivity index is 1.29. The summed E-state index contributed by atoms with van der Waals surface area (Å²) in [6.45, 7) is 16.2. The number of sulfone groups is 1. The minimum atomic E-state index is -3.66. The van der Waals surface area contributed by atoms with E-state index in [-0.39, 0.29) is 35.3 Å². The van der Waals surface area contributed by atoms with Crippen molar-refractivity contribution in [2.45, 2.75) is 114 Å². The molecule has 1 unspecified atom stereocenters. The number of carbonyl (C=O) groups excluding carboxylic acids is 4. The Labute approximate surface area is 380 Å². The zero-order valence-corrected chi connectivity index (χ0v) is 40.3. The highest BCUT2D eigenvalue weighted by Crippen LogP contribution is 2.36. The number of carboxylic acids is 1. The van der Waals surface area contributed by atoms with E-state index in [1.807, 2.05) is 0 Å². The second-order valence-electron chi connectivity index (χ2n) is 19.0. The summed E-state index contributed by atoms with van der Waals surface area (Å²) in [5.74, 6) is -1.64. The van der Waals surface area contributed by atoms with Crippen molar-refractivity contribution in [3.8, 4) is 5.75 Å². The first-order valence-corrected chi connectivity index (χ1v) is 26.4. The predicted octanol–water partition coefficient (Wildman–Crippen LogP) is 9.01. The van der Waals surface area contributed by atoms with Gasteiger partial charge in [-0.25, -0.2) is 32.6 Å². The maximum Gasteiger partial charge on any atom is 0.425 e. The van der Waals surface area contributed by atoms with Gasteiger partial charge in [0.25, 0.3) is 5.91 Å². The van der Waals surface area contributed by atoms with E-state index in [1.54, 1.807) is 84.0 Å². The molecule has 1 aromatic heterocycles. The molecule has 4 aromatic rings. The lowest BCUT2D eigenvalue weighted by molar-refractivity contribution is -0.138. The number of aromatic nitrogens is 1. The summed E-state index contributed by atoms with van der Waals surface area (Å²) in [4.78, 5) is 71.8. The Kier molecular flexibility index (Phi) is 15.2. The number of pyridine rings is 1. The van der Waals surface area contributed by atoms with Crippen molar-refractivity contribution in [3.05, 3.63) is 84.1 Å². The minimum Gasteiger partial charge on any atom is -0.484 e. The Bertz CT molecular complexity index is 2520. The number of carbonyl (C=O) groups is 5. The van der Waals surface area contributed by atoms with Gasteiger partial charge in [-0.1, -0.05) is 31.8 Å². The van der Waals surface area contributed by atoms with Crippen LogP contribution in [0.15, 0.2) is 77.8 Å². The summed E-state index contributed by atoms with van der Waals surface area (Å²) < 4.78 is 49.0. The molecule has 0 radical (unpaired) electrons. The van der Waals surface area contributed by atoms with Gasteiger partial charge in [-0.05, 0) is 132 Å². The van der Waals surface area contributed by atoms with Crippen LogP contribution in [0.3, 0.4) is 0 Å². The molecule has 350 valence electrons. The van der Waals surface area contributed by atoms with Crippen LogP contribution in [0, 0.1) is 0 Å². The first kappa shape index (κ1) is 49.8. The van der Waals surface area contributed by atoms with E-state index >= 15 is 0 Å². The summed E-state index contributed by atoms with van der Waals surface area (Å²) in [6.07, 6.45) is -0.0651. The van der Waals surface area contributed by atoms with E-state index in [2.05, 4.69) is 35.3 Å². The van der Waals surface area contributed by atoms with Crippen LogP contribution in [0.5, 0.6) is 5.75 Å². The second kappa shape index (κ2) is 19.9. The second-order valence-corrected chi connectivity index (χ2v) is 26.9. The van der Waals surface area contributed by atoms with E-state index < -0.39 is 77.2 Å². The lowest BCUT2D eigenvalue weighted by Gasteiger charge is -2.28. The fraction of sp³-hybridized carbons (Fsp3) is 0.435. The fourth-order valence-electron chi connectivity index (χ4n) is 6.37. The molecule has 1 saturated carbocycles. The van der Waals surface area contributed by atoms with Gasteiger partial charge in [0, 0.05) is 38.1 Å². The smallest absolute Gasteiger partial charge is 0.425 e. The number of carboxylic acid groups (broad SMARTS) is 1. The highest BCUT2D eigenvalue weighted by Gasteiger charge is 2.39. The number of fused-ring (bicyclic) bond motifs is 1. The van der Waals surface area contributed by atoms with Crippen molar-refractivity contribution in [3.63, 3.8) is 0 Å². The summed E-state index contributed by atoms with van der Waals surface area (Å²) in [5, 5.41) is 16.5. The fourth-order valence-corrected chi connectivity index (χ4v) is 8.94. The van der Waals surface area contributed by atoms with Gasteiger partial charge in [-0.3, -0.25) is 4.79 Å². The van der Waals surface area contributed by atoms with Crippen molar-refractivity contribution in [1.82, 2.24) is 9.88 Å². The number of hydrogen-bond donors (Lipinski definition) is 3. The van der Waals surface area contributed by atoms with Crippen molar-refractivity contribution >= 4 is 76.0 Å². The van der Waals surface area contributed by atoms with E-state index in [0.717, 1.165) is 10.9 Å². The van der Waals surface area contributed by atoms with Crippen LogP contribution in [0.25, 0.3) is 10.8 Å². The van der Waals surface area contributed by atoms with Gasteiger partial charge in [0.2, 0.25) is 0 Å². The number of anilines is 3. The molecule has 1 heterocycles. The quantitative estimate of drug-likeness (QED) is 0.0705. The molecule has 1 fully saturated rings. The zero-order valence-electron chi connectivity index (χ0n) is 38.5. The van der Waals surface area contributed by atoms with Crippen LogP contribution < -0.4 is 20.3 Å². The maximum absolute atomic E-state index is 13.4. The molecule has 65 heavy (non-hydrogen) atoms. The normalized spacial score (nSPS) is 13.6. The summed E-state index contributed by atoms with van der Waals surface area (Å²) in [6, 6.07) is 16.6. The van der Waals surface area contributed by atoms with Crippen LogP contribution in [-0.4, -0.2) is 98.4 Å². The van der Waals surface area contributed by atoms with Crippen LogP contribution in [0.4, 0.5) is 31.6 Å². The average Bonchev–Trinajstić information content (AvgIpc) is 4.04. The number of nitrogens with zero attached hydrogens (tertiary/aromatic N) is 3. The first-order valence-electron chi connectivity index (χ1n) is 21.1. The molecule has 1 atom stereocenters. The first-order chi connectivity index (χ1) is 30.2. The van der Waals surface area contributed by atoms with Crippen molar-refractivity contribution in [1.29, 1.82) is 0 Å². The Morgan fingerprint density at radius 1 is 0.862 bits per heavy atom. The zero-order chi connectivity index (χ0) is 48.1. The molecular formula is C46H59N5O12SSi. The van der Waals surface area contributed by atoms with Crippen molar-refractivity contribution in [2.75, 3.05) is 35.8 Å². The number of hydrogen-bond acceptors (Lipinski definition) is 13. The molecule has 3 aromatic carbocycles. The lowest BCUT2D eigenvalue weighted by atomic mass is 10.1. The molecule has 5 rings (SSSR count). The van der Waals surface area contributed by atoms with Crippen LogP contribution >= 0.6 is 0 Å². The number of ether oxygens (including phenoxy) is 4. The topological polar surface area (TPSA) is 220 Å². The highest BCUT2D eigenvalue weighted by atomic mass is 32.2. The number of nitrogens with one attached hydrogen (secondary N) is 2. The van der Waals surface area contributed by atoms with Crippen LogP contribution in [0.1, 0.15) is 71.6 Å². The highest BCUT2D eigenvalue weighted by molar-refractivity contribution is 7.92.